The van der Waals surface area contributed by atoms with Gasteiger partial charge < -0.3 is 30.4 Å². The monoisotopic (exact) mass is 547 g/mol. The predicted molar refractivity (Wildman–Crippen MR) is 152 cm³/mol. The Bertz CT molecular complexity index is 1440. The number of nitrogens with one attached hydrogen (secondary N) is 2. The van der Waals surface area contributed by atoms with Gasteiger partial charge in [-0.3, -0.25) is 9.78 Å². The molecular weight excluding hydrogens is 512 g/mol. The molecule has 1 aliphatic heterocycles. The molecule has 2 aliphatic rings. The number of hydrogen-bond acceptors (Lipinski definition) is 8. The summed E-state index contributed by atoms with van der Waals surface area (Å²) in [7, 11) is 3.63. The van der Waals surface area contributed by atoms with Crippen molar-refractivity contribution in [2.24, 2.45) is 5.41 Å². The average molecular weight is 547 g/mol. The SMILES string of the molecule is BC1(B)C(c2nc(C3CC(C)(C)OC(C)(C(=O)O)C3)ccc2NC(=O)c2nc(C#N)c[nH]2)=C(O)CC(C)(C)C1O. The molecule has 4 rings (SSSR count). The van der Waals surface area contributed by atoms with Gasteiger partial charge in [0.05, 0.1) is 28.8 Å². The van der Waals surface area contributed by atoms with Crippen molar-refractivity contribution in [3.63, 3.8) is 0 Å². The van der Waals surface area contributed by atoms with Crippen LogP contribution in [0.1, 0.15) is 87.5 Å². The second-order valence-electron chi connectivity index (χ2n) is 12.9. The summed E-state index contributed by atoms with van der Waals surface area (Å²) in [6.07, 6.45) is 1.34. The number of carbonyl (C=O) groups is 2. The van der Waals surface area contributed by atoms with Crippen LogP contribution in [0.25, 0.3) is 5.57 Å². The van der Waals surface area contributed by atoms with Crippen LogP contribution in [-0.2, 0) is 9.53 Å². The third-order valence-corrected chi connectivity index (χ3v) is 8.04. The zero-order valence-electron chi connectivity index (χ0n) is 23.9. The third kappa shape index (κ3) is 5.25. The molecule has 0 radical (unpaired) electrons. The number of rotatable bonds is 5. The van der Waals surface area contributed by atoms with Gasteiger partial charge in [-0.2, -0.15) is 5.26 Å². The van der Waals surface area contributed by atoms with E-state index in [4.69, 9.17) is 15.0 Å². The Morgan fingerprint density at radius 1 is 1.18 bits per heavy atom. The molecule has 1 amide bonds. The van der Waals surface area contributed by atoms with Gasteiger partial charge in [-0.05, 0) is 56.4 Å². The number of nitrogens with zero attached hydrogens (tertiary/aromatic N) is 3. The first-order valence-corrected chi connectivity index (χ1v) is 13.2. The Kier molecular flexibility index (Phi) is 7.18. The van der Waals surface area contributed by atoms with Crippen LogP contribution in [0.15, 0.2) is 24.1 Å². The van der Waals surface area contributed by atoms with Crippen molar-refractivity contribution in [2.75, 3.05) is 5.32 Å². The minimum absolute atomic E-state index is 0.0490. The lowest BCUT2D eigenvalue weighted by molar-refractivity contribution is -0.200. The Labute approximate surface area is 234 Å². The number of allylic oxidation sites excluding steroid dienone is 1. The van der Waals surface area contributed by atoms with E-state index >= 15 is 0 Å². The van der Waals surface area contributed by atoms with Crippen molar-refractivity contribution in [1.82, 2.24) is 15.0 Å². The van der Waals surface area contributed by atoms with Crippen LogP contribution >= 0.6 is 0 Å². The molecule has 5 N–H and O–H groups in total. The Hall–Kier alpha value is -3.62. The molecule has 3 heterocycles. The van der Waals surface area contributed by atoms with Crippen LogP contribution in [0.4, 0.5) is 5.69 Å². The van der Waals surface area contributed by atoms with Gasteiger partial charge in [0.2, 0.25) is 0 Å². The van der Waals surface area contributed by atoms with Crippen molar-refractivity contribution in [3.05, 3.63) is 47.0 Å². The first kappa shape index (κ1) is 29.4. The molecule has 2 aromatic heterocycles. The molecule has 0 saturated carbocycles. The van der Waals surface area contributed by atoms with Gasteiger partial charge in [0.25, 0.3) is 5.91 Å². The van der Waals surface area contributed by atoms with Crippen LogP contribution in [0, 0.1) is 16.7 Å². The zero-order chi connectivity index (χ0) is 29.8. The molecule has 1 aliphatic carbocycles. The number of aliphatic carboxylic acids is 1. The highest BCUT2D eigenvalue weighted by atomic mass is 16.5. The van der Waals surface area contributed by atoms with Gasteiger partial charge in [0, 0.05) is 29.8 Å². The van der Waals surface area contributed by atoms with Gasteiger partial charge in [0.15, 0.2) is 17.1 Å². The maximum atomic E-state index is 13.1. The van der Waals surface area contributed by atoms with Gasteiger partial charge in [-0.25, -0.2) is 9.78 Å². The molecule has 0 spiro atoms. The number of carboxylic acid groups (broad SMARTS) is 1. The van der Waals surface area contributed by atoms with Gasteiger partial charge in [0.1, 0.15) is 21.8 Å². The standard InChI is InChI=1S/C27H35B2N5O6/c1-24(2)10-17(35)18(27(28,29)22(24)37)19-16(34-21(36)20-31-12-14(11-30)32-20)7-6-15(33-19)13-8-25(3,4)40-26(5,9-13)23(38)39/h6-7,12-13,22,35,37H,8-10,28-29H2,1-5H3,(H,31,32)(H,34,36)(H,38,39). The number of carboxylic acids is 1. The van der Waals surface area contributed by atoms with Crippen LogP contribution in [0.3, 0.4) is 0 Å². The van der Waals surface area contributed by atoms with E-state index in [9.17, 15) is 24.9 Å². The number of nitriles is 1. The second kappa shape index (κ2) is 9.78. The van der Waals surface area contributed by atoms with Gasteiger partial charge in [-0.1, -0.05) is 13.8 Å². The van der Waals surface area contributed by atoms with Crippen molar-refractivity contribution < 1.29 is 29.6 Å². The van der Waals surface area contributed by atoms with Crippen molar-refractivity contribution in [1.29, 1.82) is 5.26 Å². The number of anilines is 1. The minimum Gasteiger partial charge on any atom is -0.512 e. The Morgan fingerprint density at radius 2 is 1.85 bits per heavy atom. The fourth-order valence-corrected chi connectivity index (χ4v) is 6.38. The molecule has 13 heteroatoms. The summed E-state index contributed by atoms with van der Waals surface area (Å²) >= 11 is 0. The molecular formula is C27H35B2N5O6. The first-order valence-electron chi connectivity index (χ1n) is 13.2. The van der Waals surface area contributed by atoms with E-state index in [-0.39, 0.29) is 47.4 Å². The quantitative estimate of drug-likeness (QED) is 0.349. The normalized spacial score (nSPS) is 27.0. The number of carbonyl (C=O) groups excluding carboxylic acids is 1. The number of aliphatic hydroxyl groups is 2. The topological polar surface area (TPSA) is 181 Å². The van der Waals surface area contributed by atoms with E-state index in [2.05, 4.69) is 15.3 Å². The number of amides is 1. The molecule has 0 aromatic carbocycles. The van der Waals surface area contributed by atoms with Crippen molar-refractivity contribution in [3.8, 4) is 6.07 Å². The van der Waals surface area contributed by atoms with E-state index in [1.807, 2.05) is 49.5 Å². The lowest BCUT2D eigenvalue weighted by Gasteiger charge is -2.47. The van der Waals surface area contributed by atoms with E-state index in [0.717, 1.165) is 0 Å². The highest BCUT2D eigenvalue weighted by Crippen LogP contribution is 2.54. The largest absolute Gasteiger partial charge is 0.512 e. The molecule has 3 atom stereocenters. The number of aromatic amines is 1. The number of imidazole rings is 1. The number of pyridine rings is 1. The summed E-state index contributed by atoms with van der Waals surface area (Å²) in [5.74, 6) is -2.00. The average Bonchev–Trinajstić information content (AvgIpc) is 3.31. The fraction of sp³-hybridized carbons (Fsp3) is 0.519. The zero-order valence-corrected chi connectivity index (χ0v) is 23.9. The Balaban J connectivity index is 1.86. The van der Waals surface area contributed by atoms with Crippen LogP contribution in [-0.4, -0.2) is 75.1 Å². The number of H-pyrrole nitrogens is 1. The predicted octanol–water partition coefficient (Wildman–Crippen LogP) is 1.89. The Morgan fingerprint density at radius 3 is 2.45 bits per heavy atom. The third-order valence-electron chi connectivity index (χ3n) is 8.04. The van der Waals surface area contributed by atoms with Crippen LogP contribution < -0.4 is 5.32 Å². The summed E-state index contributed by atoms with van der Waals surface area (Å²) in [6.45, 7) is 8.98. The fourth-order valence-electron chi connectivity index (χ4n) is 6.38. The number of aromatic nitrogens is 3. The van der Waals surface area contributed by atoms with E-state index < -0.39 is 39.8 Å². The number of aliphatic hydroxyl groups excluding tert-OH is 2. The van der Waals surface area contributed by atoms with Crippen LogP contribution in [0.5, 0.6) is 0 Å². The maximum absolute atomic E-state index is 13.1. The molecule has 0 bridgehead atoms. The smallest absolute Gasteiger partial charge is 0.335 e. The van der Waals surface area contributed by atoms with Gasteiger partial charge >= 0.3 is 5.97 Å². The van der Waals surface area contributed by atoms with Crippen molar-refractivity contribution >= 4 is 38.8 Å². The summed E-state index contributed by atoms with van der Waals surface area (Å²) in [4.78, 5) is 36.8. The molecule has 40 heavy (non-hydrogen) atoms. The van der Waals surface area contributed by atoms with Gasteiger partial charge in [-0.15, -0.1) is 0 Å². The highest BCUT2D eigenvalue weighted by Gasteiger charge is 2.50. The second-order valence-corrected chi connectivity index (χ2v) is 12.9. The van der Waals surface area contributed by atoms with E-state index in [1.54, 1.807) is 19.1 Å². The number of hydrogen-bond donors (Lipinski definition) is 5. The highest BCUT2D eigenvalue weighted by molar-refractivity contribution is 6.47. The van der Waals surface area contributed by atoms with E-state index in [1.165, 1.54) is 6.20 Å². The lowest BCUT2D eigenvalue weighted by Crippen LogP contribution is -2.51. The molecule has 1 saturated heterocycles. The molecule has 210 valence electrons. The molecule has 11 nitrogen and oxygen atoms in total. The maximum Gasteiger partial charge on any atom is 0.335 e. The number of ether oxygens (including phenoxy) is 1. The summed E-state index contributed by atoms with van der Waals surface area (Å²) in [5, 5.41) is 43.5. The summed E-state index contributed by atoms with van der Waals surface area (Å²) in [5.41, 5.74) is -1.21. The minimum atomic E-state index is -1.43. The summed E-state index contributed by atoms with van der Waals surface area (Å²) in [6, 6.07) is 5.25. The van der Waals surface area contributed by atoms with E-state index in [0.29, 0.717) is 17.7 Å². The molecule has 2 aromatic rings. The first-order chi connectivity index (χ1) is 18.4. The van der Waals surface area contributed by atoms with Crippen molar-refractivity contribution in [2.45, 2.75) is 82.3 Å². The van der Waals surface area contributed by atoms with Crippen LogP contribution in [0.2, 0.25) is 5.21 Å². The lowest BCUT2D eigenvalue weighted by atomic mass is 9.41. The molecule has 3 unspecified atom stereocenters. The molecule has 1 fully saturated rings. The summed E-state index contributed by atoms with van der Waals surface area (Å²) < 4.78 is 5.94.